The summed E-state index contributed by atoms with van der Waals surface area (Å²) in [6.45, 7) is 0.837. The van der Waals surface area contributed by atoms with E-state index < -0.39 is 0 Å². The van der Waals surface area contributed by atoms with Gasteiger partial charge in [-0.3, -0.25) is 11.3 Å². The van der Waals surface area contributed by atoms with Crippen molar-refractivity contribution in [3.63, 3.8) is 0 Å². The molecule has 3 N–H and O–H groups in total. The summed E-state index contributed by atoms with van der Waals surface area (Å²) in [5, 5.41) is 36.0. The summed E-state index contributed by atoms with van der Waals surface area (Å²) in [4.78, 5) is 32.0. The number of nitrogens with zero attached hydrogens (tertiary/aromatic N) is 4. The minimum Gasteiger partial charge on any atom is -0.444 e. The van der Waals surface area contributed by atoms with Gasteiger partial charge in [-0.1, -0.05) is 30.3 Å². The molecule has 1 aromatic rings. The van der Waals surface area contributed by atoms with Crippen LogP contribution in [0.5, 0.6) is 0 Å². The molecular weight excluding hydrogens is 400 g/mol. The monoisotopic (exact) mass is 412 g/mol. The van der Waals surface area contributed by atoms with E-state index in [1.54, 1.807) is 0 Å². The summed E-state index contributed by atoms with van der Waals surface area (Å²) >= 11 is 0. The second-order valence-electron chi connectivity index (χ2n) is 2.49. The molecule has 0 aliphatic rings. The van der Waals surface area contributed by atoms with Gasteiger partial charge in [-0.05, 0) is 12.0 Å². The van der Waals surface area contributed by atoms with E-state index in [1.165, 1.54) is 5.56 Å². The summed E-state index contributed by atoms with van der Waals surface area (Å²) < 4.78 is 0. The molecular formula is C8H12N6Na4O8. The van der Waals surface area contributed by atoms with E-state index >= 15 is 0 Å². The summed E-state index contributed by atoms with van der Waals surface area (Å²) in [5.41, 5.74) is 3.94. The fourth-order valence-electron chi connectivity index (χ4n) is 0.861. The molecule has 0 radical (unpaired) electrons. The van der Waals surface area contributed by atoms with Gasteiger partial charge in [-0.15, -0.1) is 21.4 Å². The molecule has 0 atom stereocenters. The molecule has 0 bridgehead atoms. The minimum atomic E-state index is 0. The van der Waals surface area contributed by atoms with Gasteiger partial charge in [0.2, 0.25) is 0 Å². The second-order valence-corrected chi connectivity index (χ2v) is 2.49. The van der Waals surface area contributed by atoms with Crippen molar-refractivity contribution < 1.29 is 118 Å². The average molecular weight is 412 g/mol. The van der Waals surface area contributed by atoms with Crippen LogP contribution in [0.25, 0.3) is 0 Å². The van der Waals surface area contributed by atoms with E-state index in [9.17, 15) is 0 Å². The number of nitrogens with one attached hydrogen (secondary N) is 1. The van der Waals surface area contributed by atoms with Crippen molar-refractivity contribution in [1.29, 1.82) is 0 Å². The molecule has 0 saturated heterocycles. The van der Waals surface area contributed by atoms with Gasteiger partial charge >= 0.3 is 118 Å². The van der Waals surface area contributed by atoms with Crippen molar-refractivity contribution in [2.45, 2.75) is 6.42 Å². The number of hydrogen-bond donors (Lipinski definition) is 2. The zero-order chi connectivity index (χ0) is 18.1. The van der Waals surface area contributed by atoms with E-state index in [-0.39, 0.29) is 118 Å². The molecule has 0 spiro atoms. The molecule has 126 valence electrons. The quantitative estimate of drug-likeness (QED) is 0.205. The van der Waals surface area contributed by atoms with Gasteiger partial charge in [0.15, 0.2) is 0 Å². The summed E-state index contributed by atoms with van der Waals surface area (Å²) in [6.07, 6.45) is 0.997. The Hall–Kier alpha value is 0.740. The van der Waals surface area contributed by atoms with Crippen molar-refractivity contribution >= 4 is 0 Å². The molecule has 26 heavy (non-hydrogen) atoms. The maximum Gasteiger partial charge on any atom is 1.00 e. The summed E-state index contributed by atoms with van der Waals surface area (Å²) in [7, 11) is 0. The van der Waals surface area contributed by atoms with E-state index in [2.05, 4.69) is 17.6 Å². The number of hydrogen-bond acceptors (Lipinski definition) is 14. The van der Waals surface area contributed by atoms with Crippen LogP contribution in [0.4, 0.5) is 0 Å². The predicted octanol–water partition coefficient (Wildman–Crippen LogP) is -10.3. The molecule has 1 rings (SSSR count). The third-order valence-electron chi connectivity index (χ3n) is 1.40. The van der Waals surface area contributed by atoms with E-state index in [0.717, 1.165) is 34.3 Å². The normalized spacial score (nSPS) is 5.58. The van der Waals surface area contributed by atoms with Crippen LogP contribution in [0.15, 0.2) is 51.7 Å². The Labute approximate surface area is 236 Å². The molecule has 0 heterocycles. The van der Waals surface area contributed by atoms with Crippen LogP contribution >= 0.6 is 0 Å². The van der Waals surface area contributed by atoms with Gasteiger partial charge in [0, 0.05) is 6.54 Å². The SMILES string of the molecule is NNCCc1ccccc1.O=N[O-].O=N[O-].O=N[O-].O=N[O-].[Na+].[Na+].[Na+].[Na+]. The third kappa shape index (κ3) is 85.9. The minimum absolute atomic E-state index is 0. The molecule has 0 amide bonds. The first-order valence-electron chi connectivity index (χ1n) is 4.87. The Kier molecular flexibility index (Phi) is 123. The molecule has 18 heteroatoms. The van der Waals surface area contributed by atoms with Crippen LogP contribution in [0.1, 0.15) is 5.56 Å². The molecule has 0 fully saturated rings. The molecule has 0 aliphatic carbocycles. The molecule has 1 aromatic carbocycles. The van der Waals surface area contributed by atoms with Crippen LogP contribution in [0.2, 0.25) is 0 Å². The van der Waals surface area contributed by atoms with E-state index in [1.807, 2.05) is 18.2 Å². The van der Waals surface area contributed by atoms with Crippen LogP contribution < -0.4 is 129 Å². The fourth-order valence-corrected chi connectivity index (χ4v) is 0.861. The fraction of sp³-hybridized carbons (Fsp3) is 0.250. The van der Waals surface area contributed by atoms with Crippen molar-refractivity contribution in [2.75, 3.05) is 6.54 Å². The largest absolute Gasteiger partial charge is 1.00 e. The zero-order valence-electron chi connectivity index (χ0n) is 14.9. The van der Waals surface area contributed by atoms with Gasteiger partial charge in [0.25, 0.3) is 0 Å². The maximum absolute atomic E-state index is 8.00. The first kappa shape index (κ1) is 50.4. The van der Waals surface area contributed by atoms with Crippen LogP contribution in [0.3, 0.4) is 0 Å². The van der Waals surface area contributed by atoms with Gasteiger partial charge in [0.05, 0.1) is 0 Å². The van der Waals surface area contributed by atoms with Gasteiger partial charge < -0.3 is 40.5 Å². The Bertz CT molecular complexity index is 333. The van der Waals surface area contributed by atoms with Crippen LogP contribution in [-0.4, -0.2) is 6.54 Å². The predicted molar refractivity (Wildman–Crippen MR) is 79.0 cm³/mol. The van der Waals surface area contributed by atoms with Gasteiger partial charge in [0.1, 0.15) is 0 Å². The second kappa shape index (κ2) is 63.6. The van der Waals surface area contributed by atoms with E-state index in [0.29, 0.717) is 0 Å². The van der Waals surface area contributed by atoms with Crippen LogP contribution in [-0.2, 0) is 6.42 Å². The summed E-state index contributed by atoms with van der Waals surface area (Å²) in [5.74, 6) is 5.13. The summed E-state index contributed by atoms with van der Waals surface area (Å²) in [6, 6.07) is 10.3. The van der Waals surface area contributed by atoms with Crippen LogP contribution in [0, 0.1) is 40.5 Å². The van der Waals surface area contributed by atoms with Crippen molar-refractivity contribution in [3.8, 4) is 0 Å². The zero-order valence-corrected chi connectivity index (χ0v) is 22.9. The van der Waals surface area contributed by atoms with Gasteiger partial charge in [-0.2, -0.15) is 0 Å². The number of rotatable bonds is 3. The first-order valence-corrected chi connectivity index (χ1v) is 4.87. The Morgan fingerprint density at radius 3 is 1.23 bits per heavy atom. The molecule has 0 saturated carbocycles. The maximum atomic E-state index is 8.00. The molecule has 0 aliphatic heterocycles. The first-order chi connectivity index (χ1) is 10.6. The Balaban J connectivity index is -0.0000000292. The standard InChI is InChI=1S/C8H12N2.4HNO2.4Na/c9-10-7-6-8-4-2-1-3-5-8;4*2-1-3;;;;/h1-5,10H,6-7,9H2;4*(H,2,3);;;;/q;;;;;4*+1/p-4. The number of benzene rings is 1. The smallest absolute Gasteiger partial charge is 0.444 e. The molecule has 0 unspecified atom stereocenters. The topological polar surface area (TPSA) is 248 Å². The van der Waals surface area contributed by atoms with E-state index in [4.69, 9.17) is 46.3 Å². The third-order valence-corrected chi connectivity index (χ3v) is 1.40. The molecule has 14 nitrogen and oxygen atoms in total. The Morgan fingerprint density at radius 2 is 1.00 bits per heavy atom. The number of hydrazine groups is 1. The van der Waals surface area contributed by atoms with Gasteiger partial charge in [-0.25, -0.2) is 0 Å². The van der Waals surface area contributed by atoms with Crippen molar-refractivity contribution in [3.05, 3.63) is 76.4 Å². The molecule has 0 aromatic heterocycles. The number of nitrogens with two attached hydrogens (primary N) is 1. The average Bonchev–Trinajstić information content (AvgIpc) is 2.49. The van der Waals surface area contributed by atoms with Crippen molar-refractivity contribution in [2.24, 2.45) is 27.2 Å². The Morgan fingerprint density at radius 1 is 0.731 bits per heavy atom. The van der Waals surface area contributed by atoms with Crippen molar-refractivity contribution in [1.82, 2.24) is 5.43 Å².